The van der Waals surface area contributed by atoms with Crippen LogP contribution in [0.2, 0.25) is 0 Å². The molecule has 1 aliphatic carbocycles. The van der Waals surface area contributed by atoms with Crippen LogP contribution in [-0.2, 0) is 0 Å². The lowest BCUT2D eigenvalue weighted by atomic mass is 10.1. The Labute approximate surface area is 106 Å². The molecule has 0 aliphatic heterocycles. The van der Waals surface area contributed by atoms with Crippen LogP contribution in [0.15, 0.2) is 18.2 Å². The highest BCUT2D eigenvalue weighted by molar-refractivity contribution is 5.94. The third kappa shape index (κ3) is 2.67. The van der Waals surface area contributed by atoms with E-state index in [9.17, 15) is 9.18 Å². The van der Waals surface area contributed by atoms with Gasteiger partial charge in [0, 0.05) is 18.2 Å². The summed E-state index contributed by atoms with van der Waals surface area (Å²) in [6.07, 6.45) is 2.27. The average Bonchev–Trinajstić information content (AvgIpc) is 3.17. The Kier molecular flexibility index (Phi) is 3.61. The van der Waals surface area contributed by atoms with Crippen molar-refractivity contribution in [1.82, 2.24) is 4.90 Å². The monoisotopic (exact) mass is 246 g/mol. The lowest BCUT2D eigenvalue weighted by Crippen LogP contribution is -2.34. The standard InChI is InChI=1S/C14H15FN2O/c1-10-3-4-11(9-13(10)15)14(18)17(8-2-7-16)12-5-6-12/h3-4,9,12H,2,5-6,8H2,1H3. The van der Waals surface area contributed by atoms with Crippen molar-refractivity contribution >= 4 is 5.91 Å². The summed E-state index contributed by atoms with van der Waals surface area (Å²) in [7, 11) is 0. The molecule has 0 unspecified atom stereocenters. The number of hydrogen-bond donors (Lipinski definition) is 0. The van der Waals surface area contributed by atoms with Gasteiger partial charge in [-0.15, -0.1) is 0 Å². The SMILES string of the molecule is Cc1ccc(C(=O)N(CCC#N)C2CC2)cc1F. The van der Waals surface area contributed by atoms with Crippen LogP contribution >= 0.6 is 0 Å². The number of carbonyl (C=O) groups excluding carboxylic acids is 1. The smallest absolute Gasteiger partial charge is 0.254 e. The first kappa shape index (κ1) is 12.6. The second kappa shape index (κ2) is 5.18. The molecule has 0 atom stereocenters. The molecule has 18 heavy (non-hydrogen) atoms. The maximum atomic E-state index is 13.4. The maximum Gasteiger partial charge on any atom is 0.254 e. The summed E-state index contributed by atoms with van der Waals surface area (Å²) in [5, 5.41) is 8.60. The first-order valence-electron chi connectivity index (χ1n) is 6.07. The summed E-state index contributed by atoms with van der Waals surface area (Å²) >= 11 is 0. The van der Waals surface area contributed by atoms with Gasteiger partial charge in [0.15, 0.2) is 0 Å². The van der Waals surface area contributed by atoms with Crippen molar-refractivity contribution in [3.05, 3.63) is 35.1 Å². The van der Waals surface area contributed by atoms with Crippen LogP contribution < -0.4 is 0 Å². The van der Waals surface area contributed by atoms with E-state index in [2.05, 4.69) is 0 Å². The second-order valence-corrected chi connectivity index (χ2v) is 4.60. The lowest BCUT2D eigenvalue weighted by molar-refractivity contribution is 0.0746. The minimum Gasteiger partial charge on any atom is -0.335 e. The molecule has 0 aromatic heterocycles. The second-order valence-electron chi connectivity index (χ2n) is 4.60. The van der Waals surface area contributed by atoms with Crippen LogP contribution in [0.4, 0.5) is 4.39 Å². The topological polar surface area (TPSA) is 44.1 Å². The van der Waals surface area contributed by atoms with Gasteiger partial charge in [0.1, 0.15) is 5.82 Å². The van der Waals surface area contributed by atoms with Gasteiger partial charge in [-0.25, -0.2) is 4.39 Å². The summed E-state index contributed by atoms with van der Waals surface area (Å²) in [4.78, 5) is 13.9. The molecule has 2 rings (SSSR count). The fourth-order valence-electron chi connectivity index (χ4n) is 1.90. The highest BCUT2D eigenvalue weighted by Gasteiger charge is 2.32. The molecule has 1 aromatic rings. The number of carbonyl (C=O) groups is 1. The molecule has 3 nitrogen and oxygen atoms in total. The molecule has 1 saturated carbocycles. The summed E-state index contributed by atoms with van der Waals surface area (Å²) in [6, 6.07) is 6.80. The molecule has 1 aliphatic rings. The van der Waals surface area contributed by atoms with Crippen LogP contribution in [0.25, 0.3) is 0 Å². The number of halogens is 1. The van der Waals surface area contributed by atoms with Crippen LogP contribution in [-0.4, -0.2) is 23.4 Å². The quantitative estimate of drug-likeness (QED) is 0.819. The van der Waals surface area contributed by atoms with Gasteiger partial charge in [-0.05, 0) is 37.5 Å². The molecular formula is C14H15FN2O. The van der Waals surface area contributed by atoms with E-state index >= 15 is 0 Å². The third-order valence-electron chi connectivity index (χ3n) is 3.13. The molecule has 4 heteroatoms. The first-order chi connectivity index (χ1) is 8.63. The minimum absolute atomic E-state index is 0.174. The number of nitriles is 1. The number of amides is 1. The fourth-order valence-corrected chi connectivity index (χ4v) is 1.90. The molecule has 0 radical (unpaired) electrons. The van der Waals surface area contributed by atoms with Gasteiger partial charge >= 0.3 is 0 Å². The van der Waals surface area contributed by atoms with Gasteiger partial charge in [0.25, 0.3) is 5.91 Å². The zero-order valence-corrected chi connectivity index (χ0v) is 10.3. The molecule has 1 fully saturated rings. The molecular weight excluding hydrogens is 231 g/mol. The van der Waals surface area contributed by atoms with Gasteiger partial charge in [-0.3, -0.25) is 4.79 Å². The number of aryl methyl sites for hydroxylation is 1. The van der Waals surface area contributed by atoms with E-state index in [4.69, 9.17) is 5.26 Å². The van der Waals surface area contributed by atoms with Crippen molar-refractivity contribution in [2.75, 3.05) is 6.54 Å². The van der Waals surface area contributed by atoms with Gasteiger partial charge in [-0.1, -0.05) is 6.07 Å². The molecule has 1 amide bonds. The van der Waals surface area contributed by atoms with Crippen LogP contribution in [0.1, 0.15) is 35.2 Å². The maximum absolute atomic E-state index is 13.4. The Morgan fingerprint density at radius 2 is 2.28 bits per heavy atom. The van der Waals surface area contributed by atoms with Crippen LogP contribution in [0.3, 0.4) is 0 Å². The van der Waals surface area contributed by atoms with E-state index in [0.717, 1.165) is 12.8 Å². The van der Waals surface area contributed by atoms with E-state index in [1.807, 2.05) is 6.07 Å². The zero-order valence-electron chi connectivity index (χ0n) is 10.3. The molecule has 0 saturated heterocycles. The number of hydrogen-bond acceptors (Lipinski definition) is 2. The van der Waals surface area contributed by atoms with E-state index in [1.165, 1.54) is 6.07 Å². The first-order valence-corrected chi connectivity index (χ1v) is 6.07. The zero-order chi connectivity index (χ0) is 13.1. The summed E-state index contributed by atoms with van der Waals surface area (Å²) < 4.78 is 13.4. The molecule has 0 N–H and O–H groups in total. The highest BCUT2D eigenvalue weighted by Crippen LogP contribution is 2.28. The molecule has 0 bridgehead atoms. The van der Waals surface area contributed by atoms with Crippen LogP contribution in [0.5, 0.6) is 0 Å². The van der Waals surface area contributed by atoms with Crippen molar-refractivity contribution in [2.24, 2.45) is 0 Å². The number of benzene rings is 1. The highest BCUT2D eigenvalue weighted by atomic mass is 19.1. The van der Waals surface area contributed by atoms with Gasteiger partial charge in [0.2, 0.25) is 0 Å². The predicted molar refractivity (Wildman–Crippen MR) is 65.4 cm³/mol. The van der Waals surface area contributed by atoms with E-state index in [1.54, 1.807) is 24.0 Å². The molecule has 0 spiro atoms. The Morgan fingerprint density at radius 1 is 1.56 bits per heavy atom. The van der Waals surface area contributed by atoms with Crippen LogP contribution in [0, 0.1) is 24.1 Å². The normalized spacial score (nSPS) is 14.1. The largest absolute Gasteiger partial charge is 0.335 e. The summed E-state index contributed by atoms with van der Waals surface area (Å²) in [5.41, 5.74) is 0.893. The summed E-state index contributed by atoms with van der Waals surface area (Å²) in [6.45, 7) is 2.09. The van der Waals surface area contributed by atoms with Crippen molar-refractivity contribution in [3.63, 3.8) is 0 Å². The Hall–Kier alpha value is -1.89. The van der Waals surface area contributed by atoms with Gasteiger partial charge in [-0.2, -0.15) is 5.26 Å². The number of nitrogens with zero attached hydrogens (tertiary/aromatic N) is 2. The third-order valence-corrected chi connectivity index (χ3v) is 3.13. The van der Waals surface area contributed by atoms with Crippen molar-refractivity contribution < 1.29 is 9.18 Å². The Balaban J connectivity index is 2.17. The van der Waals surface area contributed by atoms with E-state index < -0.39 is 0 Å². The minimum atomic E-state index is -0.364. The number of rotatable bonds is 4. The molecule has 1 aromatic carbocycles. The predicted octanol–water partition coefficient (Wildman–Crippen LogP) is 2.65. The fraction of sp³-hybridized carbons (Fsp3) is 0.429. The lowest BCUT2D eigenvalue weighted by Gasteiger charge is -2.21. The van der Waals surface area contributed by atoms with E-state index in [0.29, 0.717) is 24.1 Å². The van der Waals surface area contributed by atoms with Crippen molar-refractivity contribution in [3.8, 4) is 6.07 Å². The Morgan fingerprint density at radius 3 is 2.83 bits per heavy atom. The molecule has 0 heterocycles. The summed E-state index contributed by atoms with van der Waals surface area (Å²) in [5.74, 6) is -0.538. The van der Waals surface area contributed by atoms with Gasteiger partial charge < -0.3 is 4.90 Å². The van der Waals surface area contributed by atoms with Gasteiger partial charge in [0.05, 0.1) is 12.5 Å². The Bertz CT molecular complexity index is 503. The average molecular weight is 246 g/mol. The van der Waals surface area contributed by atoms with E-state index in [-0.39, 0.29) is 17.8 Å². The molecule has 94 valence electrons. The van der Waals surface area contributed by atoms with Crippen molar-refractivity contribution in [1.29, 1.82) is 5.26 Å². The van der Waals surface area contributed by atoms with Crippen molar-refractivity contribution in [2.45, 2.75) is 32.2 Å².